The Bertz CT molecular complexity index is 416. The summed E-state index contributed by atoms with van der Waals surface area (Å²) in [4.78, 5) is 0. The van der Waals surface area contributed by atoms with E-state index in [0.29, 0.717) is 25.3 Å². The zero-order valence-electron chi connectivity index (χ0n) is 9.96. The van der Waals surface area contributed by atoms with Crippen molar-refractivity contribution in [2.45, 2.75) is 32.4 Å². The van der Waals surface area contributed by atoms with Crippen molar-refractivity contribution in [2.75, 3.05) is 13.2 Å². The van der Waals surface area contributed by atoms with Gasteiger partial charge in [0.2, 0.25) is 0 Å². The number of aromatic nitrogens is 2. The van der Waals surface area contributed by atoms with Gasteiger partial charge in [-0.2, -0.15) is 10.4 Å². The molecule has 2 unspecified atom stereocenters. The van der Waals surface area contributed by atoms with E-state index in [1.165, 1.54) is 0 Å². The molecule has 1 aromatic rings. The van der Waals surface area contributed by atoms with Crippen LogP contribution in [0.3, 0.4) is 0 Å². The Morgan fingerprint density at radius 2 is 2.59 bits per heavy atom. The fraction of sp³-hybridized carbons (Fsp3) is 0.667. The van der Waals surface area contributed by atoms with Crippen molar-refractivity contribution in [1.29, 1.82) is 5.26 Å². The molecule has 0 aromatic carbocycles. The van der Waals surface area contributed by atoms with Gasteiger partial charge in [0.05, 0.1) is 18.4 Å². The molecule has 2 atom stereocenters. The van der Waals surface area contributed by atoms with Crippen LogP contribution in [0.5, 0.6) is 0 Å². The van der Waals surface area contributed by atoms with E-state index in [4.69, 9.17) is 4.74 Å². The first-order valence-electron chi connectivity index (χ1n) is 5.92. The zero-order chi connectivity index (χ0) is 12.3. The van der Waals surface area contributed by atoms with E-state index >= 15 is 0 Å². The highest BCUT2D eigenvalue weighted by molar-refractivity contribution is 5.16. The number of ether oxygens (including phenoxy) is 1. The molecule has 0 aliphatic carbocycles. The Morgan fingerprint density at radius 1 is 1.76 bits per heavy atom. The van der Waals surface area contributed by atoms with Crippen molar-refractivity contribution in [2.24, 2.45) is 5.41 Å². The summed E-state index contributed by atoms with van der Waals surface area (Å²) in [7, 11) is 0. The molecule has 1 aliphatic heterocycles. The van der Waals surface area contributed by atoms with Crippen molar-refractivity contribution < 1.29 is 9.84 Å². The molecule has 17 heavy (non-hydrogen) atoms. The fourth-order valence-electron chi connectivity index (χ4n) is 2.20. The average Bonchev–Trinajstić information content (AvgIpc) is 2.97. The van der Waals surface area contributed by atoms with E-state index in [2.05, 4.69) is 18.1 Å². The molecular weight excluding hydrogens is 218 g/mol. The van der Waals surface area contributed by atoms with Crippen LogP contribution >= 0.6 is 0 Å². The van der Waals surface area contributed by atoms with Gasteiger partial charge in [-0.1, -0.05) is 6.92 Å². The number of aryl methyl sites for hydroxylation is 1. The monoisotopic (exact) mass is 235 g/mol. The van der Waals surface area contributed by atoms with Gasteiger partial charge in [-0.05, 0) is 18.9 Å². The number of aliphatic hydroxyl groups is 1. The van der Waals surface area contributed by atoms with Gasteiger partial charge in [0.25, 0.3) is 0 Å². The minimum atomic E-state index is -0.830. The first-order valence-corrected chi connectivity index (χ1v) is 5.92. The quantitative estimate of drug-likeness (QED) is 0.852. The van der Waals surface area contributed by atoms with Gasteiger partial charge >= 0.3 is 0 Å². The van der Waals surface area contributed by atoms with Gasteiger partial charge in [-0.3, -0.25) is 4.68 Å². The van der Waals surface area contributed by atoms with Crippen molar-refractivity contribution in [1.82, 2.24) is 9.78 Å². The highest BCUT2D eigenvalue weighted by atomic mass is 16.5. The number of nitrogens with zero attached hydrogens (tertiary/aromatic N) is 3. The minimum Gasteiger partial charge on any atom is -0.385 e. The third-order valence-electron chi connectivity index (χ3n) is 3.26. The van der Waals surface area contributed by atoms with Gasteiger partial charge in [0, 0.05) is 19.3 Å². The summed E-state index contributed by atoms with van der Waals surface area (Å²) in [6, 6.07) is 3.99. The molecule has 1 fully saturated rings. The standard InChI is InChI=1S/C12H17N3O2/c1-2-6-15-10(3-5-14-15)11(16)12(8-13)4-7-17-9-12/h3,5,11,16H,2,4,6-7,9H2,1H3. The summed E-state index contributed by atoms with van der Waals surface area (Å²) in [5.74, 6) is 0. The second-order valence-corrected chi connectivity index (χ2v) is 4.45. The molecule has 0 spiro atoms. The van der Waals surface area contributed by atoms with Crippen LogP contribution < -0.4 is 0 Å². The largest absolute Gasteiger partial charge is 0.385 e. The summed E-state index contributed by atoms with van der Waals surface area (Å²) >= 11 is 0. The molecular formula is C12H17N3O2. The minimum absolute atomic E-state index is 0.294. The van der Waals surface area contributed by atoms with Gasteiger partial charge in [-0.15, -0.1) is 0 Å². The van der Waals surface area contributed by atoms with Crippen molar-refractivity contribution in [3.63, 3.8) is 0 Å². The molecule has 1 N–H and O–H groups in total. The second kappa shape index (κ2) is 4.86. The first kappa shape index (κ1) is 12.1. The molecule has 2 rings (SSSR count). The lowest BCUT2D eigenvalue weighted by Gasteiger charge is -2.25. The number of hydrogen-bond donors (Lipinski definition) is 1. The Hall–Kier alpha value is -1.38. The van der Waals surface area contributed by atoms with Crippen LogP contribution in [0.4, 0.5) is 0 Å². The van der Waals surface area contributed by atoms with Crippen molar-refractivity contribution in [3.8, 4) is 6.07 Å². The Balaban J connectivity index is 2.26. The van der Waals surface area contributed by atoms with Crippen LogP contribution in [-0.2, 0) is 11.3 Å². The van der Waals surface area contributed by atoms with Crippen LogP contribution in [0.15, 0.2) is 12.3 Å². The predicted octanol–water partition coefficient (Wildman–Crippen LogP) is 1.26. The van der Waals surface area contributed by atoms with Gasteiger partial charge in [0.15, 0.2) is 0 Å². The van der Waals surface area contributed by atoms with Crippen LogP contribution in [0, 0.1) is 16.7 Å². The van der Waals surface area contributed by atoms with Gasteiger partial charge in [0.1, 0.15) is 11.5 Å². The molecule has 0 bridgehead atoms. The molecule has 2 heterocycles. The summed E-state index contributed by atoms with van der Waals surface area (Å²) in [5.41, 5.74) is -0.107. The molecule has 0 radical (unpaired) electrons. The second-order valence-electron chi connectivity index (χ2n) is 4.45. The highest BCUT2D eigenvalue weighted by Crippen LogP contribution is 2.40. The SMILES string of the molecule is CCCn1nccc1C(O)C1(C#N)CCOC1. The van der Waals surface area contributed by atoms with Crippen LogP contribution in [0.2, 0.25) is 0 Å². The normalized spacial score (nSPS) is 25.7. The van der Waals surface area contributed by atoms with E-state index in [1.807, 2.05) is 0 Å². The Labute approximate surface area is 101 Å². The molecule has 5 heteroatoms. The third kappa shape index (κ3) is 2.06. The van der Waals surface area contributed by atoms with Gasteiger partial charge < -0.3 is 9.84 Å². The van der Waals surface area contributed by atoms with Crippen molar-refractivity contribution >= 4 is 0 Å². The molecule has 92 valence electrons. The lowest BCUT2D eigenvalue weighted by atomic mass is 9.81. The topological polar surface area (TPSA) is 71.1 Å². The smallest absolute Gasteiger partial charge is 0.117 e. The molecule has 1 saturated heterocycles. The van der Waals surface area contributed by atoms with E-state index in [-0.39, 0.29) is 0 Å². The lowest BCUT2D eigenvalue weighted by Crippen LogP contribution is -2.29. The van der Waals surface area contributed by atoms with Crippen molar-refractivity contribution in [3.05, 3.63) is 18.0 Å². The molecule has 0 amide bonds. The fourth-order valence-corrected chi connectivity index (χ4v) is 2.20. The Kier molecular flexibility index (Phi) is 3.46. The van der Waals surface area contributed by atoms with E-state index in [0.717, 1.165) is 13.0 Å². The summed E-state index contributed by atoms with van der Waals surface area (Å²) in [5, 5.41) is 23.9. The van der Waals surface area contributed by atoms with Gasteiger partial charge in [-0.25, -0.2) is 0 Å². The maximum Gasteiger partial charge on any atom is 0.117 e. The summed E-state index contributed by atoms with van der Waals surface area (Å²) in [6.45, 7) is 3.63. The van der Waals surface area contributed by atoms with Crippen LogP contribution in [0.1, 0.15) is 31.6 Å². The third-order valence-corrected chi connectivity index (χ3v) is 3.26. The van der Waals surface area contributed by atoms with E-state index in [1.54, 1.807) is 16.9 Å². The molecule has 1 aromatic heterocycles. The maximum absolute atomic E-state index is 10.4. The number of rotatable bonds is 4. The summed E-state index contributed by atoms with van der Waals surface area (Å²) in [6.07, 6.45) is 2.35. The molecule has 0 saturated carbocycles. The highest BCUT2D eigenvalue weighted by Gasteiger charge is 2.44. The number of hydrogen-bond acceptors (Lipinski definition) is 4. The molecule has 1 aliphatic rings. The van der Waals surface area contributed by atoms with Crippen LogP contribution in [-0.4, -0.2) is 28.1 Å². The molecule has 5 nitrogen and oxygen atoms in total. The van der Waals surface area contributed by atoms with E-state index < -0.39 is 11.5 Å². The Morgan fingerprint density at radius 3 is 3.18 bits per heavy atom. The number of nitriles is 1. The first-order chi connectivity index (χ1) is 8.23. The predicted molar refractivity (Wildman–Crippen MR) is 61.0 cm³/mol. The average molecular weight is 235 g/mol. The maximum atomic E-state index is 10.4. The lowest BCUT2D eigenvalue weighted by molar-refractivity contribution is 0.0437. The zero-order valence-corrected chi connectivity index (χ0v) is 9.96. The number of aliphatic hydroxyl groups excluding tert-OH is 1. The summed E-state index contributed by atoms with van der Waals surface area (Å²) < 4.78 is 7.02. The van der Waals surface area contributed by atoms with Crippen LogP contribution in [0.25, 0.3) is 0 Å². The van der Waals surface area contributed by atoms with E-state index in [9.17, 15) is 10.4 Å².